The number of hydrogen-bond acceptors (Lipinski definition) is 1. The summed E-state index contributed by atoms with van der Waals surface area (Å²) in [7, 11) is 4.31. The lowest BCUT2D eigenvalue weighted by atomic mass is 9.71. The summed E-state index contributed by atoms with van der Waals surface area (Å²) in [5.74, 6) is 0. The first-order chi connectivity index (χ1) is 9.66. The van der Waals surface area contributed by atoms with Gasteiger partial charge < -0.3 is 4.90 Å². The van der Waals surface area contributed by atoms with Gasteiger partial charge in [0, 0.05) is 6.04 Å². The molecule has 0 saturated carbocycles. The summed E-state index contributed by atoms with van der Waals surface area (Å²) >= 11 is 0. The summed E-state index contributed by atoms with van der Waals surface area (Å²) in [5.41, 5.74) is 4.06. The first-order valence-electron chi connectivity index (χ1n) is 7.17. The highest BCUT2D eigenvalue weighted by molar-refractivity contribution is 5.85. The number of fused-ring (bicyclic) bond motifs is 1. The van der Waals surface area contributed by atoms with Crippen LogP contribution in [0.25, 0.3) is 6.08 Å². The molecule has 0 radical (unpaired) electrons. The Bertz CT molecular complexity index is 633. The minimum Gasteiger partial charge on any atom is -0.305 e. The van der Waals surface area contributed by atoms with E-state index in [1.165, 1.54) is 16.7 Å². The van der Waals surface area contributed by atoms with Crippen molar-refractivity contribution in [3.05, 3.63) is 77.4 Å². The van der Waals surface area contributed by atoms with Crippen molar-refractivity contribution in [3.63, 3.8) is 0 Å². The summed E-state index contributed by atoms with van der Waals surface area (Å²) in [6.45, 7) is 2.30. The third kappa shape index (κ3) is 2.41. The molecular weight excluding hydrogens is 278 g/mol. The smallest absolute Gasteiger partial charge is 0.0543 e. The molecule has 0 aromatic heterocycles. The van der Waals surface area contributed by atoms with Gasteiger partial charge in [-0.05, 0) is 37.7 Å². The highest BCUT2D eigenvalue weighted by Gasteiger charge is 2.42. The molecule has 2 aromatic carbocycles. The van der Waals surface area contributed by atoms with Gasteiger partial charge in [-0.3, -0.25) is 0 Å². The molecule has 1 aliphatic carbocycles. The third-order valence-electron chi connectivity index (χ3n) is 4.62. The first-order valence-corrected chi connectivity index (χ1v) is 7.17. The quantitative estimate of drug-likeness (QED) is 0.813. The van der Waals surface area contributed by atoms with Gasteiger partial charge in [-0.25, -0.2) is 0 Å². The number of hydrogen-bond donors (Lipinski definition) is 0. The van der Waals surface area contributed by atoms with Crippen LogP contribution in [0.5, 0.6) is 0 Å². The molecule has 1 nitrogen and oxygen atoms in total. The molecule has 0 bridgehead atoms. The Morgan fingerprint density at radius 3 is 2.19 bits per heavy atom. The highest BCUT2D eigenvalue weighted by Crippen LogP contribution is 2.45. The zero-order valence-corrected chi connectivity index (χ0v) is 13.6. The van der Waals surface area contributed by atoms with E-state index in [9.17, 15) is 0 Å². The van der Waals surface area contributed by atoms with Crippen molar-refractivity contribution >= 4 is 18.5 Å². The van der Waals surface area contributed by atoms with E-state index in [1.54, 1.807) is 0 Å². The molecule has 0 heterocycles. The fourth-order valence-electron chi connectivity index (χ4n) is 3.31. The summed E-state index contributed by atoms with van der Waals surface area (Å²) in [5, 5.41) is 0. The van der Waals surface area contributed by atoms with Gasteiger partial charge in [-0.1, -0.05) is 66.7 Å². The Hall–Kier alpha value is -1.57. The molecule has 0 amide bonds. The van der Waals surface area contributed by atoms with E-state index >= 15 is 0 Å². The molecular formula is C19H22ClN. The molecule has 110 valence electrons. The van der Waals surface area contributed by atoms with Crippen molar-refractivity contribution in [2.75, 3.05) is 14.1 Å². The largest absolute Gasteiger partial charge is 0.305 e. The summed E-state index contributed by atoms with van der Waals surface area (Å²) < 4.78 is 0. The lowest BCUT2D eigenvalue weighted by Crippen LogP contribution is -2.44. The van der Waals surface area contributed by atoms with E-state index < -0.39 is 0 Å². The van der Waals surface area contributed by atoms with Crippen molar-refractivity contribution in [2.24, 2.45) is 0 Å². The molecule has 0 saturated heterocycles. The van der Waals surface area contributed by atoms with E-state index in [4.69, 9.17) is 0 Å². The van der Waals surface area contributed by atoms with Gasteiger partial charge in [0.15, 0.2) is 0 Å². The normalized spacial score (nSPS) is 21.0. The van der Waals surface area contributed by atoms with Gasteiger partial charge in [-0.2, -0.15) is 0 Å². The minimum atomic E-state index is -0.0542. The van der Waals surface area contributed by atoms with Crippen LogP contribution in [0.4, 0.5) is 0 Å². The molecule has 0 fully saturated rings. The average molecular weight is 300 g/mol. The van der Waals surface area contributed by atoms with E-state index in [0.717, 1.165) is 0 Å². The second kappa shape index (κ2) is 6.05. The number of rotatable bonds is 3. The number of nitrogens with zero attached hydrogens (tertiary/aromatic N) is 1. The lowest BCUT2D eigenvalue weighted by Gasteiger charge is -2.40. The molecule has 2 atom stereocenters. The van der Waals surface area contributed by atoms with Crippen LogP contribution >= 0.6 is 12.4 Å². The topological polar surface area (TPSA) is 3.24 Å². The predicted molar refractivity (Wildman–Crippen MR) is 93.1 cm³/mol. The maximum absolute atomic E-state index is 2.37. The SMILES string of the molecule is CC(N(C)C)C1(c2ccccc2)C=Cc2ccccc21.Cl. The van der Waals surface area contributed by atoms with Crippen LogP contribution in [0, 0.1) is 0 Å². The lowest BCUT2D eigenvalue weighted by molar-refractivity contribution is 0.252. The maximum Gasteiger partial charge on any atom is 0.0543 e. The minimum absolute atomic E-state index is 0. The molecule has 2 aromatic rings. The summed E-state index contributed by atoms with van der Waals surface area (Å²) in [6, 6.07) is 20.0. The van der Waals surface area contributed by atoms with Crippen LogP contribution in [0.1, 0.15) is 23.6 Å². The molecule has 0 N–H and O–H groups in total. The standard InChI is InChI=1S/C19H21N.ClH/c1-15(20(2)3)19(17-10-5-4-6-11-17)14-13-16-9-7-8-12-18(16)19;/h4-15H,1-3H3;1H. The molecule has 2 heteroatoms. The van der Waals surface area contributed by atoms with Crippen LogP contribution in [0.2, 0.25) is 0 Å². The van der Waals surface area contributed by atoms with Gasteiger partial charge in [0.1, 0.15) is 0 Å². The molecule has 0 spiro atoms. The van der Waals surface area contributed by atoms with Crippen LogP contribution in [-0.2, 0) is 5.41 Å². The Morgan fingerprint density at radius 1 is 0.905 bits per heavy atom. The van der Waals surface area contributed by atoms with Crippen molar-refractivity contribution < 1.29 is 0 Å². The molecule has 0 aliphatic heterocycles. The number of likely N-dealkylation sites (N-methyl/N-ethyl adjacent to an activating group) is 1. The van der Waals surface area contributed by atoms with Crippen LogP contribution < -0.4 is 0 Å². The maximum atomic E-state index is 2.37. The summed E-state index contributed by atoms with van der Waals surface area (Å²) in [6.07, 6.45) is 4.64. The predicted octanol–water partition coefficient (Wildman–Crippen LogP) is 4.37. The monoisotopic (exact) mass is 299 g/mol. The van der Waals surface area contributed by atoms with Gasteiger partial charge in [0.25, 0.3) is 0 Å². The molecule has 3 rings (SSSR count). The molecule has 1 aliphatic rings. The van der Waals surface area contributed by atoms with Gasteiger partial charge in [-0.15, -0.1) is 12.4 Å². The second-order valence-electron chi connectivity index (χ2n) is 5.80. The van der Waals surface area contributed by atoms with Crippen LogP contribution in [0.15, 0.2) is 60.7 Å². The van der Waals surface area contributed by atoms with Gasteiger partial charge >= 0.3 is 0 Å². The zero-order chi connectivity index (χ0) is 14.2. The second-order valence-corrected chi connectivity index (χ2v) is 5.80. The van der Waals surface area contributed by atoms with Gasteiger partial charge in [0.05, 0.1) is 5.41 Å². The van der Waals surface area contributed by atoms with Crippen molar-refractivity contribution in [1.82, 2.24) is 4.90 Å². The third-order valence-corrected chi connectivity index (χ3v) is 4.62. The Morgan fingerprint density at radius 2 is 1.52 bits per heavy atom. The van der Waals surface area contributed by atoms with E-state index in [2.05, 4.69) is 92.7 Å². The first kappa shape index (κ1) is 15.8. The molecule has 21 heavy (non-hydrogen) atoms. The average Bonchev–Trinajstić information content (AvgIpc) is 2.88. The Labute approximate surface area is 133 Å². The summed E-state index contributed by atoms with van der Waals surface area (Å²) in [4.78, 5) is 2.30. The molecule has 2 unspecified atom stereocenters. The Balaban J connectivity index is 0.00000161. The van der Waals surface area contributed by atoms with Gasteiger partial charge in [0.2, 0.25) is 0 Å². The van der Waals surface area contributed by atoms with Crippen LogP contribution in [-0.4, -0.2) is 25.0 Å². The fraction of sp³-hybridized carbons (Fsp3) is 0.263. The fourth-order valence-corrected chi connectivity index (χ4v) is 3.31. The van der Waals surface area contributed by atoms with Crippen molar-refractivity contribution in [1.29, 1.82) is 0 Å². The Kier molecular flexibility index (Phi) is 4.55. The number of benzene rings is 2. The van der Waals surface area contributed by atoms with Crippen molar-refractivity contribution in [2.45, 2.75) is 18.4 Å². The highest BCUT2D eigenvalue weighted by atomic mass is 35.5. The number of halogens is 1. The van der Waals surface area contributed by atoms with E-state index in [1.807, 2.05) is 0 Å². The van der Waals surface area contributed by atoms with E-state index in [0.29, 0.717) is 6.04 Å². The van der Waals surface area contributed by atoms with E-state index in [-0.39, 0.29) is 17.8 Å². The zero-order valence-electron chi connectivity index (χ0n) is 12.8. The van der Waals surface area contributed by atoms with Crippen LogP contribution in [0.3, 0.4) is 0 Å². The van der Waals surface area contributed by atoms with Crippen molar-refractivity contribution in [3.8, 4) is 0 Å².